The lowest BCUT2D eigenvalue weighted by atomic mass is 10.2. The minimum atomic E-state index is -0.974. The van der Waals surface area contributed by atoms with Gasteiger partial charge in [-0.3, -0.25) is 0 Å². The number of carboxylic acid groups (broad SMARTS) is 1. The second kappa shape index (κ2) is 6.02. The number of thiazole rings is 1. The van der Waals surface area contributed by atoms with E-state index in [1.165, 1.54) is 7.11 Å². The molecule has 5 nitrogen and oxygen atoms in total. The summed E-state index contributed by atoms with van der Waals surface area (Å²) in [6.45, 7) is 2.21. The summed E-state index contributed by atoms with van der Waals surface area (Å²) in [7, 11) is 3.39. The molecule has 0 aliphatic heterocycles. The first-order valence-corrected chi connectivity index (χ1v) is 6.87. The molecular weight excluding hydrogens is 276 g/mol. The van der Waals surface area contributed by atoms with Crippen molar-refractivity contribution in [3.05, 3.63) is 40.4 Å². The van der Waals surface area contributed by atoms with Gasteiger partial charge in [0.25, 0.3) is 0 Å². The standard InChI is InChI=1S/C14H16N2O3S/c1-9-5-4-6-10(7-9)16(2)14-15-11(8-19-3)12(20-14)13(17)18/h4-7H,8H2,1-3H3,(H,17,18). The van der Waals surface area contributed by atoms with Gasteiger partial charge in [-0.15, -0.1) is 0 Å². The smallest absolute Gasteiger partial charge is 0.347 e. The normalized spacial score (nSPS) is 10.6. The highest BCUT2D eigenvalue weighted by atomic mass is 32.1. The Balaban J connectivity index is 2.37. The molecule has 1 aromatic heterocycles. The van der Waals surface area contributed by atoms with Crippen LogP contribution in [0.1, 0.15) is 20.9 Å². The van der Waals surface area contributed by atoms with Gasteiger partial charge in [-0.25, -0.2) is 9.78 Å². The lowest BCUT2D eigenvalue weighted by molar-refractivity contribution is 0.0697. The molecule has 1 N–H and O–H groups in total. The molecule has 0 unspecified atom stereocenters. The third kappa shape index (κ3) is 2.97. The fourth-order valence-corrected chi connectivity index (χ4v) is 2.72. The Labute approximate surface area is 121 Å². The Morgan fingerprint density at radius 3 is 2.85 bits per heavy atom. The molecule has 0 bridgehead atoms. The van der Waals surface area contributed by atoms with E-state index in [2.05, 4.69) is 4.98 Å². The second-order valence-electron chi connectivity index (χ2n) is 4.41. The van der Waals surface area contributed by atoms with Crippen molar-refractivity contribution >= 4 is 28.1 Å². The molecule has 0 amide bonds. The predicted octanol–water partition coefficient (Wildman–Crippen LogP) is 3.06. The summed E-state index contributed by atoms with van der Waals surface area (Å²) in [6.07, 6.45) is 0. The number of aromatic nitrogens is 1. The van der Waals surface area contributed by atoms with Gasteiger partial charge in [-0.1, -0.05) is 23.5 Å². The Kier molecular flexibility index (Phi) is 4.36. The molecule has 0 fully saturated rings. The highest BCUT2D eigenvalue weighted by Crippen LogP contribution is 2.31. The number of hydrogen-bond donors (Lipinski definition) is 1. The number of nitrogens with zero attached hydrogens (tertiary/aromatic N) is 2. The lowest BCUT2D eigenvalue weighted by Gasteiger charge is -2.16. The van der Waals surface area contributed by atoms with Gasteiger partial charge < -0.3 is 14.7 Å². The Morgan fingerprint density at radius 1 is 1.50 bits per heavy atom. The zero-order valence-electron chi connectivity index (χ0n) is 11.6. The van der Waals surface area contributed by atoms with Crippen molar-refractivity contribution in [1.82, 2.24) is 4.98 Å². The fourth-order valence-electron chi connectivity index (χ4n) is 1.83. The number of rotatable bonds is 5. The molecule has 0 aliphatic rings. The van der Waals surface area contributed by atoms with E-state index in [-0.39, 0.29) is 11.5 Å². The van der Waals surface area contributed by atoms with Gasteiger partial charge in [-0.2, -0.15) is 0 Å². The highest BCUT2D eigenvalue weighted by molar-refractivity contribution is 7.17. The Morgan fingerprint density at radius 2 is 2.25 bits per heavy atom. The minimum Gasteiger partial charge on any atom is -0.477 e. The first-order chi connectivity index (χ1) is 9.52. The van der Waals surface area contributed by atoms with Crippen molar-refractivity contribution < 1.29 is 14.6 Å². The maximum atomic E-state index is 11.2. The molecule has 0 spiro atoms. The molecule has 6 heteroatoms. The van der Waals surface area contributed by atoms with Crippen LogP contribution in [0.25, 0.3) is 0 Å². The summed E-state index contributed by atoms with van der Waals surface area (Å²) >= 11 is 1.15. The number of carboxylic acids is 1. The van der Waals surface area contributed by atoms with Crippen molar-refractivity contribution in [2.45, 2.75) is 13.5 Å². The monoisotopic (exact) mass is 292 g/mol. The van der Waals surface area contributed by atoms with E-state index < -0.39 is 5.97 Å². The zero-order chi connectivity index (χ0) is 14.7. The largest absolute Gasteiger partial charge is 0.477 e. The van der Waals surface area contributed by atoms with Crippen molar-refractivity contribution in [3.63, 3.8) is 0 Å². The number of benzene rings is 1. The van der Waals surface area contributed by atoms with E-state index >= 15 is 0 Å². The molecule has 1 heterocycles. The first-order valence-electron chi connectivity index (χ1n) is 6.05. The van der Waals surface area contributed by atoms with Crippen LogP contribution in [-0.2, 0) is 11.3 Å². The zero-order valence-corrected chi connectivity index (χ0v) is 12.4. The van der Waals surface area contributed by atoms with Crippen LogP contribution in [0.15, 0.2) is 24.3 Å². The number of anilines is 2. The minimum absolute atomic E-state index is 0.194. The molecule has 2 rings (SSSR count). The summed E-state index contributed by atoms with van der Waals surface area (Å²) in [5, 5.41) is 9.84. The van der Waals surface area contributed by atoms with Crippen LogP contribution in [0.3, 0.4) is 0 Å². The molecule has 20 heavy (non-hydrogen) atoms. The number of methoxy groups -OCH3 is 1. The number of hydrogen-bond acceptors (Lipinski definition) is 5. The maximum Gasteiger partial charge on any atom is 0.347 e. The van der Waals surface area contributed by atoms with Crippen LogP contribution < -0.4 is 4.90 Å². The number of aryl methyl sites for hydroxylation is 1. The number of carbonyl (C=O) groups is 1. The van der Waals surface area contributed by atoms with Crippen LogP contribution in [0.4, 0.5) is 10.8 Å². The maximum absolute atomic E-state index is 11.2. The SMILES string of the molecule is COCc1nc(N(C)c2cccc(C)c2)sc1C(=O)O. The van der Waals surface area contributed by atoms with Crippen molar-refractivity contribution in [2.75, 3.05) is 19.1 Å². The topological polar surface area (TPSA) is 62.7 Å². The second-order valence-corrected chi connectivity index (χ2v) is 5.39. The summed E-state index contributed by atoms with van der Waals surface area (Å²) in [5.41, 5.74) is 2.57. The quantitative estimate of drug-likeness (QED) is 0.917. The van der Waals surface area contributed by atoms with Gasteiger partial charge in [0.05, 0.1) is 12.3 Å². The highest BCUT2D eigenvalue weighted by Gasteiger charge is 2.19. The molecule has 0 aliphatic carbocycles. The molecule has 0 saturated carbocycles. The average molecular weight is 292 g/mol. The summed E-state index contributed by atoms with van der Waals surface area (Å²) in [4.78, 5) is 17.7. The molecule has 2 aromatic rings. The molecule has 0 radical (unpaired) electrons. The fraction of sp³-hybridized carbons (Fsp3) is 0.286. The van der Waals surface area contributed by atoms with Crippen LogP contribution in [0, 0.1) is 6.92 Å². The number of ether oxygens (including phenoxy) is 1. The average Bonchev–Trinajstić information content (AvgIpc) is 2.82. The van der Waals surface area contributed by atoms with Gasteiger partial charge in [0.1, 0.15) is 4.88 Å². The summed E-state index contributed by atoms with van der Waals surface area (Å²) in [5.74, 6) is -0.974. The van der Waals surface area contributed by atoms with Crippen LogP contribution in [0.2, 0.25) is 0 Å². The summed E-state index contributed by atoms with van der Waals surface area (Å²) < 4.78 is 5.00. The van der Waals surface area contributed by atoms with Gasteiger partial charge in [0, 0.05) is 19.8 Å². The third-order valence-electron chi connectivity index (χ3n) is 2.84. The van der Waals surface area contributed by atoms with E-state index in [0.29, 0.717) is 10.8 Å². The van der Waals surface area contributed by atoms with E-state index in [0.717, 1.165) is 22.6 Å². The molecule has 0 atom stereocenters. The third-order valence-corrected chi connectivity index (χ3v) is 4.00. The first kappa shape index (κ1) is 14.5. The molecule has 1 aromatic carbocycles. The van der Waals surface area contributed by atoms with Crippen molar-refractivity contribution in [1.29, 1.82) is 0 Å². The molecular formula is C14H16N2O3S. The van der Waals surface area contributed by atoms with Gasteiger partial charge in [0.2, 0.25) is 0 Å². The van der Waals surface area contributed by atoms with Crippen LogP contribution in [0.5, 0.6) is 0 Å². The van der Waals surface area contributed by atoms with E-state index in [1.54, 1.807) is 0 Å². The van der Waals surface area contributed by atoms with Crippen molar-refractivity contribution in [3.8, 4) is 0 Å². The van der Waals surface area contributed by atoms with Gasteiger partial charge in [0.15, 0.2) is 5.13 Å². The molecule has 0 saturated heterocycles. The molecule has 106 valence electrons. The lowest BCUT2D eigenvalue weighted by Crippen LogP contribution is -2.09. The summed E-state index contributed by atoms with van der Waals surface area (Å²) in [6, 6.07) is 7.96. The number of aromatic carboxylic acids is 1. The predicted molar refractivity (Wildman–Crippen MR) is 79.0 cm³/mol. The van der Waals surface area contributed by atoms with Gasteiger partial charge >= 0.3 is 5.97 Å². The van der Waals surface area contributed by atoms with E-state index in [9.17, 15) is 9.90 Å². The Hall–Kier alpha value is -1.92. The van der Waals surface area contributed by atoms with Crippen molar-refractivity contribution in [2.24, 2.45) is 0 Å². The Bertz CT molecular complexity index is 625. The van der Waals surface area contributed by atoms with E-state index in [1.807, 2.05) is 43.1 Å². The van der Waals surface area contributed by atoms with Crippen LogP contribution >= 0.6 is 11.3 Å². The van der Waals surface area contributed by atoms with E-state index in [4.69, 9.17) is 4.74 Å². The van der Waals surface area contributed by atoms with Crippen LogP contribution in [-0.4, -0.2) is 30.2 Å². The van der Waals surface area contributed by atoms with Gasteiger partial charge in [-0.05, 0) is 24.6 Å².